The van der Waals surface area contributed by atoms with Gasteiger partial charge in [-0.15, -0.1) is 0 Å². The largest absolute Gasteiger partial charge is 0.337 e. The Bertz CT molecular complexity index is 233. The third-order valence-corrected chi connectivity index (χ3v) is 3.71. The van der Waals surface area contributed by atoms with Crippen LogP contribution in [0.4, 0.5) is 4.79 Å². The van der Waals surface area contributed by atoms with Crippen molar-refractivity contribution in [3.05, 3.63) is 0 Å². The number of hydrogen-bond acceptors (Lipinski definition) is 2. The Balaban J connectivity index is 3.63. The highest BCUT2D eigenvalue weighted by Gasteiger charge is 2.08. The highest BCUT2D eigenvalue weighted by atomic mass is 16.2. The number of urea groups is 1. The predicted molar refractivity (Wildman–Crippen MR) is 82.5 cm³/mol. The summed E-state index contributed by atoms with van der Waals surface area (Å²) in [5, 5.41) is 5.91. The maximum atomic E-state index is 11.7. The van der Waals surface area contributed by atoms with Crippen molar-refractivity contribution >= 4 is 6.03 Å². The van der Waals surface area contributed by atoms with Crippen LogP contribution in [0.3, 0.4) is 0 Å². The standard InChI is InChI=1S/C15H33N3O/c1-6-8-9-10-13(3)17-15(19)16-11-12-18(5)14(4)7-2/h13-14H,6-12H2,1-5H3,(H2,16,17,19). The molecule has 0 heterocycles. The van der Waals surface area contributed by atoms with Crippen molar-refractivity contribution in [2.24, 2.45) is 0 Å². The molecule has 114 valence electrons. The van der Waals surface area contributed by atoms with Crippen LogP contribution < -0.4 is 10.6 Å². The smallest absolute Gasteiger partial charge is 0.315 e. The summed E-state index contributed by atoms with van der Waals surface area (Å²) in [5.41, 5.74) is 0. The molecule has 0 fully saturated rings. The molecule has 0 bridgehead atoms. The zero-order valence-electron chi connectivity index (χ0n) is 13.5. The van der Waals surface area contributed by atoms with Gasteiger partial charge in [0, 0.05) is 25.2 Å². The summed E-state index contributed by atoms with van der Waals surface area (Å²) in [6.07, 6.45) is 5.86. The van der Waals surface area contributed by atoms with Crippen molar-refractivity contribution < 1.29 is 4.79 Å². The molecule has 0 radical (unpaired) electrons. The zero-order valence-corrected chi connectivity index (χ0v) is 13.5. The van der Waals surface area contributed by atoms with Gasteiger partial charge in [0.1, 0.15) is 0 Å². The molecule has 2 N–H and O–H groups in total. The van der Waals surface area contributed by atoms with Crippen molar-refractivity contribution in [2.75, 3.05) is 20.1 Å². The van der Waals surface area contributed by atoms with Crippen molar-refractivity contribution in [3.63, 3.8) is 0 Å². The predicted octanol–water partition coefficient (Wildman–Crippen LogP) is 2.98. The molecular formula is C15H33N3O. The van der Waals surface area contributed by atoms with Crippen LogP contribution in [0.1, 0.15) is 59.8 Å². The van der Waals surface area contributed by atoms with E-state index in [0.29, 0.717) is 12.6 Å². The molecule has 2 amide bonds. The molecule has 0 aromatic carbocycles. The highest BCUT2D eigenvalue weighted by Crippen LogP contribution is 2.02. The average Bonchev–Trinajstić information content (AvgIpc) is 2.37. The van der Waals surface area contributed by atoms with Gasteiger partial charge in [0.25, 0.3) is 0 Å². The molecule has 4 heteroatoms. The van der Waals surface area contributed by atoms with Crippen LogP contribution in [0.5, 0.6) is 0 Å². The lowest BCUT2D eigenvalue weighted by Gasteiger charge is -2.23. The van der Waals surface area contributed by atoms with E-state index in [1.165, 1.54) is 19.3 Å². The second kappa shape index (κ2) is 11.1. The lowest BCUT2D eigenvalue weighted by molar-refractivity contribution is 0.227. The first-order valence-electron chi connectivity index (χ1n) is 7.75. The Kier molecular flexibility index (Phi) is 10.6. The highest BCUT2D eigenvalue weighted by molar-refractivity contribution is 5.74. The second-order valence-corrected chi connectivity index (χ2v) is 5.53. The third-order valence-electron chi connectivity index (χ3n) is 3.71. The van der Waals surface area contributed by atoms with Crippen molar-refractivity contribution in [3.8, 4) is 0 Å². The summed E-state index contributed by atoms with van der Waals surface area (Å²) in [7, 11) is 2.10. The molecule has 0 aliphatic heterocycles. The van der Waals surface area contributed by atoms with E-state index in [1.54, 1.807) is 0 Å². The van der Waals surface area contributed by atoms with Gasteiger partial charge in [-0.3, -0.25) is 0 Å². The quantitative estimate of drug-likeness (QED) is 0.600. The molecule has 0 aliphatic carbocycles. The summed E-state index contributed by atoms with van der Waals surface area (Å²) in [4.78, 5) is 13.9. The number of amides is 2. The number of rotatable bonds is 10. The molecule has 4 nitrogen and oxygen atoms in total. The minimum atomic E-state index is -0.0402. The lowest BCUT2D eigenvalue weighted by atomic mass is 10.1. The monoisotopic (exact) mass is 271 g/mol. The van der Waals surface area contributed by atoms with E-state index in [9.17, 15) is 4.79 Å². The maximum Gasteiger partial charge on any atom is 0.315 e. The molecule has 0 aromatic rings. The van der Waals surface area contributed by atoms with Gasteiger partial charge >= 0.3 is 6.03 Å². The fraction of sp³-hybridized carbons (Fsp3) is 0.933. The average molecular weight is 271 g/mol. The molecule has 2 unspecified atom stereocenters. The van der Waals surface area contributed by atoms with Gasteiger partial charge in [-0.2, -0.15) is 0 Å². The molecular weight excluding hydrogens is 238 g/mol. The van der Waals surface area contributed by atoms with E-state index in [0.717, 1.165) is 19.4 Å². The Morgan fingerprint density at radius 3 is 2.47 bits per heavy atom. The number of nitrogens with one attached hydrogen (secondary N) is 2. The Morgan fingerprint density at radius 2 is 1.89 bits per heavy atom. The fourth-order valence-corrected chi connectivity index (χ4v) is 1.93. The SMILES string of the molecule is CCCCCC(C)NC(=O)NCCN(C)C(C)CC. The van der Waals surface area contributed by atoms with Crippen LogP contribution in [0.2, 0.25) is 0 Å². The summed E-state index contributed by atoms with van der Waals surface area (Å²) < 4.78 is 0. The van der Waals surface area contributed by atoms with Gasteiger partial charge < -0.3 is 15.5 Å². The molecule has 0 aliphatic rings. The molecule has 0 rings (SSSR count). The van der Waals surface area contributed by atoms with Crippen LogP contribution in [-0.2, 0) is 0 Å². The minimum Gasteiger partial charge on any atom is -0.337 e. The van der Waals surface area contributed by atoms with Gasteiger partial charge in [-0.1, -0.05) is 33.1 Å². The molecule has 19 heavy (non-hydrogen) atoms. The van der Waals surface area contributed by atoms with Crippen LogP contribution >= 0.6 is 0 Å². The topological polar surface area (TPSA) is 44.4 Å². The lowest BCUT2D eigenvalue weighted by Crippen LogP contribution is -2.44. The van der Waals surface area contributed by atoms with E-state index in [4.69, 9.17) is 0 Å². The van der Waals surface area contributed by atoms with E-state index >= 15 is 0 Å². The third kappa shape index (κ3) is 9.77. The fourth-order valence-electron chi connectivity index (χ4n) is 1.93. The van der Waals surface area contributed by atoms with Crippen molar-refractivity contribution in [2.45, 2.75) is 71.9 Å². The Morgan fingerprint density at radius 1 is 1.21 bits per heavy atom. The second-order valence-electron chi connectivity index (χ2n) is 5.53. The van der Waals surface area contributed by atoms with Crippen LogP contribution in [0.25, 0.3) is 0 Å². The number of carbonyl (C=O) groups excluding carboxylic acids is 1. The van der Waals surface area contributed by atoms with E-state index in [-0.39, 0.29) is 12.1 Å². The Labute approximate surface area is 119 Å². The van der Waals surface area contributed by atoms with Gasteiger partial charge in [0.05, 0.1) is 0 Å². The number of likely N-dealkylation sites (N-methyl/N-ethyl adjacent to an activating group) is 1. The van der Waals surface area contributed by atoms with Gasteiger partial charge in [-0.25, -0.2) is 4.79 Å². The van der Waals surface area contributed by atoms with E-state index < -0.39 is 0 Å². The molecule has 0 saturated carbocycles. The van der Waals surface area contributed by atoms with Crippen molar-refractivity contribution in [1.29, 1.82) is 0 Å². The molecule has 2 atom stereocenters. The normalized spacial score (nSPS) is 14.2. The zero-order chi connectivity index (χ0) is 14.7. The first-order valence-corrected chi connectivity index (χ1v) is 7.75. The number of hydrogen-bond donors (Lipinski definition) is 2. The number of unbranched alkanes of at least 4 members (excludes halogenated alkanes) is 2. The summed E-state index contributed by atoms with van der Waals surface area (Å²) in [6.45, 7) is 10.2. The van der Waals surface area contributed by atoms with E-state index in [2.05, 4.69) is 50.3 Å². The van der Waals surface area contributed by atoms with Crippen LogP contribution in [-0.4, -0.2) is 43.2 Å². The maximum absolute atomic E-state index is 11.7. The molecule has 0 aromatic heterocycles. The molecule has 0 saturated heterocycles. The first-order chi connectivity index (χ1) is 9.01. The van der Waals surface area contributed by atoms with Crippen LogP contribution in [0, 0.1) is 0 Å². The summed E-state index contributed by atoms with van der Waals surface area (Å²) in [6, 6.07) is 0.790. The summed E-state index contributed by atoms with van der Waals surface area (Å²) >= 11 is 0. The van der Waals surface area contributed by atoms with Gasteiger partial charge in [0.2, 0.25) is 0 Å². The Hall–Kier alpha value is -0.770. The van der Waals surface area contributed by atoms with Crippen molar-refractivity contribution in [1.82, 2.24) is 15.5 Å². The first kappa shape index (κ1) is 18.2. The number of nitrogens with zero attached hydrogens (tertiary/aromatic N) is 1. The van der Waals surface area contributed by atoms with E-state index in [1.807, 2.05) is 0 Å². The number of carbonyl (C=O) groups is 1. The molecule has 0 spiro atoms. The minimum absolute atomic E-state index is 0.0402. The van der Waals surface area contributed by atoms with Gasteiger partial charge in [0.15, 0.2) is 0 Å². The summed E-state index contributed by atoms with van der Waals surface area (Å²) in [5.74, 6) is 0. The van der Waals surface area contributed by atoms with Gasteiger partial charge in [-0.05, 0) is 33.7 Å². The van der Waals surface area contributed by atoms with Crippen LogP contribution in [0.15, 0.2) is 0 Å².